The van der Waals surface area contributed by atoms with Crippen LogP contribution in [0.2, 0.25) is 0 Å². The van der Waals surface area contributed by atoms with Crippen LogP contribution < -0.4 is 10.1 Å². The summed E-state index contributed by atoms with van der Waals surface area (Å²) in [5.74, 6) is 0.468. The van der Waals surface area contributed by atoms with Crippen molar-refractivity contribution in [3.05, 3.63) is 69.8 Å². The quantitative estimate of drug-likeness (QED) is 0.573. The summed E-state index contributed by atoms with van der Waals surface area (Å²) in [7, 11) is 0. The molecule has 2 atom stereocenters. The Balaban J connectivity index is 1.93. The van der Waals surface area contributed by atoms with E-state index in [1.807, 2.05) is 18.2 Å². The van der Waals surface area contributed by atoms with E-state index < -0.39 is 11.0 Å². The average Bonchev–Trinajstić information content (AvgIpc) is 2.62. The maximum atomic E-state index is 12.3. The topological polar surface area (TPSA) is 81.5 Å². The third kappa shape index (κ3) is 5.05. The molecule has 2 aromatic carbocycles. The molecule has 0 aliphatic rings. The van der Waals surface area contributed by atoms with E-state index in [1.165, 1.54) is 17.7 Å². The van der Waals surface area contributed by atoms with Crippen LogP contribution in [-0.2, 0) is 4.79 Å². The highest BCUT2D eigenvalue weighted by Gasteiger charge is 2.18. The normalized spacial score (nSPS) is 12.9. The summed E-state index contributed by atoms with van der Waals surface area (Å²) in [5.41, 5.74) is 1.72. The molecule has 0 fully saturated rings. The van der Waals surface area contributed by atoms with Gasteiger partial charge in [0.2, 0.25) is 0 Å². The third-order valence-electron chi connectivity index (χ3n) is 4.33. The fourth-order valence-electron chi connectivity index (χ4n) is 2.75. The lowest BCUT2D eigenvalue weighted by molar-refractivity contribution is -0.385. The monoisotopic (exact) mass is 356 g/mol. The molecule has 1 amide bonds. The molecular weight excluding hydrogens is 332 g/mol. The molecule has 0 aromatic heterocycles. The predicted octanol–water partition coefficient (Wildman–Crippen LogP) is 3.98. The van der Waals surface area contributed by atoms with Crippen molar-refractivity contribution < 1.29 is 14.5 Å². The molecule has 2 aromatic rings. The molecule has 0 aliphatic heterocycles. The van der Waals surface area contributed by atoms with E-state index in [9.17, 15) is 14.9 Å². The number of ether oxygens (including phenoxy) is 1. The summed E-state index contributed by atoms with van der Waals surface area (Å²) < 4.78 is 5.63. The Morgan fingerprint density at radius 3 is 2.50 bits per heavy atom. The number of carbonyl (C=O) groups excluding carboxylic acids is 1. The van der Waals surface area contributed by atoms with Gasteiger partial charge in [0.05, 0.1) is 4.92 Å². The maximum Gasteiger partial charge on any atom is 0.272 e. The molecule has 1 N–H and O–H groups in total. The van der Waals surface area contributed by atoms with Crippen LogP contribution in [-0.4, -0.2) is 23.5 Å². The predicted molar refractivity (Wildman–Crippen MR) is 100 cm³/mol. The lowest BCUT2D eigenvalue weighted by Crippen LogP contribution is -2.38. The van der Waals surface area contributed by atoms with Gasteiger partial charge < -0.3 is 10.1 Å². The highest BCUT2D eigenvalue weighted by atomic mass is 16.6. The Morgan fingerprint density at radius 1 is 1.23 bits per heavy atom. The van der Waals surface area contributed by atoms with Crippen LogP contribution in [0, 0.1) is 17.0 Å². The molecule has 0 bridgehead atoms. The molecular formula is C20H24N2O4. The molecule has 0 heterocycles. The highest BCUT2D eigenvalue weighted by Crippen LogP contribution is 2.24. The Bertz CT molecular complexity index is 762. The van der Waals surface area contributed by atoms with Gasteiger partial charge in [-0.3, -0.25) is 14.9 Å². The summed E-state index contributed by atoms with van der Waals surface area (Å²) in [5, 5.41) is 13.8. The molecule has 2 rings (SSSR count). The van der Waals surface area contributed by atoms with E-state index >= 15 is 0 Å². The zero-order chi connectivity index (χ0) is 19.1. The molecule has 0 aliphatic carbocycles. The van der Waals surface area contributed by atoms with E-state index in [4.69, 9.17) is 4.74 Å². The number of rotatable bonds is 8. The summed E-state index contributed by atoms with van der Waals surface area (Å²) >= 11 is 0. The first-order chi connectivity index (χ1) is 12.4. The Labute approximate surface area is 153 Å². The second-order valence-corrected chi connectivity index (χ2v) is 6.23. The lowest BCUT2D eigenvalue weighted by atomic mass is 9.96. The van der Waals surface area contributed by atoms with Gasteiger partial charge in [0, 0.05) is 24.1 Å². The maximum absolute atomic E-state index is 12.3. The van der Waals surface area contributed by atoms with Crippen molar-refractivity contribution in [1.29, 1.82) is 0 Å². The van der Waals surface area contributed by atoms with Gasteiger partial charge in [-0.05, 0) is 38.0 Å². The molecule has 0 saturated heterocycles. The van der Waals surface area contributed by atoms with E-state index in [0.717, 1.165) is 6.42 Å². The molecule has 0 saturated carbocycles. The van der Waals surface area contributed by atoms with Gasteiger partial charge in [-0.15, -0.1) is 0 Å². The smallest absolute Gasteiger partial charge is 0.272 e. The molecule has 6 heteroatoms. The minimum Gasteiger partial charge on any atom is -0.481 e. The minimum absolute atomic E-state index is 0.0307. The number of aryl methyl sites for hydroxylation is 1. The van der Waals surface area contributed by atoms with Gasteiger partial charge in [-0.25, -0.2) is 0 Å². The van der Waals surface area contributed by atoms with Crippen LogP contribution in [0.25, 0.3) is 0 Å². The summed E-state index contributed by atoms with van der Waals surface area (Å²) in [6.45, 7) is 5.92. The first kappa shape index (κ1) is 19.4. The average molecular weight is 356 g/mol. The van der Waals surface area contributed by atoms with Gasteiger partial charge in [-0.1, -0.05) is 37.3 Å². The fraction of sp³-hybridized carbons (Fsp3) is 0.350. The molecule has 0 spiro atoms. The highest BCUT2D eigenvalue weighted by molar-refractivity contribution is 5.80. The first-order valence-corrected chi connectivity index (χ1v) is 8.66. The van der Waals surface area contributed by atoms with Gasteiger partial charge >= 0.3 is 0 Å². The largest absolute Gasteiger partial charge is 0.481 e. The minimum atomic E-state index is -0.691. The van der Waals surface area contributed by atoms with Crippen LogP contribution in [0.1, 0.15) is 37.3 Å². The van der Waals surface area contributed by atoms with Crippen molar-refractivity contribution in [3.8, 4) is 5.75 Å². The fourth-order valence-corrected chi connectivity index (χ4v) is 2.75. The second kappa shape index (κ2) is 8.99. The van der Waals surface area contributed by atoms with Crippen molar-refractivity contribution in [1.82, 2.24) is 5.32 Å². The summed E-state index contributed by atoms with van der Waals surface area (Å²) in [6.07, 6.45) is 0.227. The van der Waals surface area contributed by atoms with Crippen LogP contribution in [0.15, 0.2) is 48.5 Å². The molecule has 0 unspecified atom stereocenters. The molecule has 6 nitrogen and oxygen atoms in total. The van der Waals surface area contributed by atoms with E-state index in [0.29, 0.717) is 17.9 Å². The number of hydrogen-bond donors (Lipinski definition) is 1. The number of nitro benzene ring substituents is 1. The van der Waals surface area contributed by atoms with Crippen molar-refractivity contribution in [2.45, 2.75) is 39.2 Å². The number of nitrogens with one attached hydrogen (secondary N) is 1. The van der Waals surface area contributed by atoms with Crippen molar-refractivity contribution in [2.24, 2.45) is 0 Å². The van der Waals surface area contributed by atoms with Crippen molar-refractivity contribution in [3.63, 3.8) is 0 Å². The van der Waals surface area contributed by atoms with Gasteiger partial charge in [-0.2, -0.15) is 0 Å². The standard InChI is InChI=1S/C20H24N2O4/c1-4-16(17-8-6-5-7-9-17)13-21-20(23)15(3)26-18-10-11-19(22(24)25)14(2)12-18/h5-12,15-16H,4,13H2,1-3H3,(H,21,23)/t15-,16+/m0/s1. The van der Waals surface area contributed by atoms with E-state index in [1.54, 1.807) is 19.9 Å². The van der Waals surface area contributed by atoms with Crippen LogP contribution >= 0.6 is 0 Å². The number of amides is 1. The Hall–Kier alpha value is -2.89. The van der Waals surface area contributed by atoms with E-state index in [-0.39, 0.29) is 17.5 Å². The number of hydrogen-bond acceptors (Lipinski definition) is 4. The van der Waals surface area contributed by atoms with Gasteiger partial charge in [0.15, 0.2) is 6.10 Å². The number of carbonyl (C=O) groups is 1. The van der Waals surface area contributed by atoms with Crippen molar-refractivity contribution in [2.75, 3.05) is 6.54 Å². The number of benzene rings is 2. The molecule has 0 radical (unpaired) electrons. The van der Waals surface area contributed by atoms with E-state index in [2.05, 4.69) is 24.4 Å². The lowest BCUT2D eigenvalue weighted by Gasteiger charge is -2.19. The zero-order valence-electron chi connectivity index (χ0n) is 15.3. The summed E-state index contributed by atoms with van der Waals surface area (Å²) in [6, 6.07) is 14.5. The third-order valence-corrected chi connectivity index (χ3v) is 4.33. The zero-order valence-corrected chi connectivity index (χ0v) is 15.3. The Morgan fingerprint density at radius 2 is 1.92 bits per heavy atom. The number of nitro groups is 1. The second-order valence-electron chi connectivity index (χ2n) is 6.23. The van der Waals surface area contributed by atoms with Crippen molar-refractivity contribution >= 4 is 11.6 Å². The number of nitrogens with zero attached hydrogens (tertiary/aromatic N) is 1. The molecule has 26 heavy (non-hydrogen) atoms. The van der Waals surface area contributed by atoms with Crippen LogP contribution in [0.3, 0.4) is 0 Å². The first-order valence-electron chi connectivity index (χ1n) is 8.66. The molecule has 138 valence electrons. The van der Waals surface area contributed by atoms with Crippen LogP contribution in [0.4, 0.5) is 5.69 Å². The van der Waals surface area contributed by atoms with Gasteiger partial charge in [0.1, 0.15) is 5.75 Å². The van der Waals surface area contributed by atoms with Gasteiger partial charge in [0.25, 0.3) is 11.6 Å². The SMILES string of the molecule is CC[C@H](CNC(=O)[C@H](C)Oc1ccc([N+](=O)[O-])c(C)c1)c1ccccc1. The van der Waals surface area contributed by atoms with Crippen LogP contribution in [0.5, 0.6) is 5.75 Å². The summed E-state index contributed by atoms with van der Waals surface area (Å²) in [4.78, 5) is 22.7. The Kier molecular flexibility index (Phi) is 6.72.